The molecule has 3 aromatic rings. The normalized spacial score (nSPS) is 25.2. The van der Waals surface area contributed by atoms with Gasteiger partial charge in [-0.05, 0) is 41.4 Å². The van der Waals surface area contributed by atoms with Gasteiger partial charge in [-0.1, -0.05) is 81.4 Å². The zero-order valence-electron chi connectivity index (χ0n) is 22.2. The molecule has 2 saturated heterocycles. The number of benzene rings is 2. The first kappa shape index (κ1) is 25.9. The number of anilines is 2. The maximum absolute atomic E-state index is 7.17. The minimum atomic E-state index is -2.75. The van der Waals surface area contributed by atoms with Crippen molar-refractivity contribution in [3.8, 4) is 0 Å². The van der Waals surface area contributed by atoms with E-state index in [1.54, 1.807) is 6.07 Å². The van der Waals surface area contributed by atoms with E-state index >= 15 is 0 Å². The fourth-order valence-corrected chi connectivity index (χ4v) is 10.3. The number of nitrogens with two attached hydrogens (primary N) is 2. The molecule has 7 nitrogen and oxygen atoms in total. The van der Waals surface area contributed by atoms with Gasteiger partial charge in [-0.2, -0.15) is 0 Å². The highest BCUT2D eigenvalue weighted by molar-refractivity contribution is 6.99. The third-order valence-electron chi connectivity index (χ3n) is 7.32. The number of fused-ring (bicyclic) bond motifs is 1. The molecule has 5 rings (SSSR count). The lowest BCUT2D eigenvalue weighted by Crippen LogP contribution is -2.67. The summed E-state index contributed by atoms with van der Waals surface area (Å²) in [6, 6.07) is 24.8. The molecule has 0 saturated carbocycles. The second kappa shape index (κ2) is 9.52. The van der Waals surface area contributed by atoms with Crippen LogP contribution >= 0.6 is 0 Å². The summed E-state index contributed by atoms with van der Waals surface area (Å²) >= 11 is 0. The Morgan fingerprint density at radius 1 is 0.865 bits per heavy atom. The Morgan fingerprint density at radius 3 is 1.97 bits per heavy atom. The van der Waals surface area contributed by atoms with Crippen molar-refractivity contribution in [2.45, 2.75) is 69.9 Å². The van der Waals surface area contributed by atoms with Gasteiger partial charge < -0.3 is 30.1 Å². The summed E-state index contributed by atoms with van der Waals surface area (Å²) in [7, 11) is -2.75. The SMILES string of the molecule is CC1(C)O[C@@H]2[C@H](O1)[C@@H](CO[Si](c1ccccc1)(c1ccccc1)C(C)(C)C)O[C@H]2c1ccc(N)nc1N. The van der Waals surface area contributed by atoms with Crippen LogP contribution in [0.2, 0.25) is 5.04 Å². The number of hydrogen-bond donors (Lipinski definition) is 2. The van der Waals surface area contributed by atoms with E-state index in [1.807, 2.05) is 32.0 Å². The number of rotatable bonds is 6. The Kier molecular flexibility index (Phi) is 6.66. The Labute approximate surface area is 220 Å². The molecule has 2 aliphatic rings. The fraction of sp³-hybridized carbons (Fsp3) is 0.414. The predicted octanol–water partition coefficient (Wildman–Crippen LogP) is 3.78. The molecule has 0 spiro atoms. The number of nitrogens with zero attached hydrogens (tertiary/aromatic N) is 1. The van der Waals surface area contributed by atoms with Gasteiger partial charge in [0, 0.05) is 5.56 Å². The van der Waals surface area contributed by atoms with Gasteiger partial charge in [-0.3, -0.25) is 0 Å². The highest BCUT2D eigenvalue weighted by Crippen LogP contribution is 2.47. The zero-order chi connectivity index (χ0) is 26.4. The van der Waals surface area contributed by atoms with Crippen LogP contribution in [0, 0.1) is 0 Å². The van der Waals surface area contributed by atoms with Crippen molar-refractivity contribution in [1.82, 2.24) is 4.98 Å². The van der Waals surface area contributed by atoms with Crippen LogP contribution in [0.4, 0.5) is 11.6 Å². The highest BCUT2D eigenvalue weighted by Gasteiger charge is 2.57. The van der Waals surface area contributed by atoms with Gasteiger partial charge in [0.2, 0.25) is 0 Å². The molecule has 0 amide bonds. The topological polar surface area (TPSA) is 102 Å². The lowest BCUT2D eigenvalue weighted by atomic mass is 10.0. The monoisotopic (exact) mass is 519 g/mol. The molecule has 4 N–H and O–H groups in total. The van der Waals surface area contributed by atoms with Crippen LogP contribution in [0.3, 0.4) is 0 Å². The number of aromatic nitrogens is 1. The molecule has 4 atom stereocenters. The molecule has 2 fully saturated rings. The van der Waals surface area contributed by atoms with E-state index in [2.05, 4.69) is 74.3 Å². The summed E-state index contributed by atoms with van der Waals surface area (Å²) in [6.45, 7) is 11.0. The Morgan fingerprint density at radius 2 is 1.43 bits per heavy atom. The van der Waals surface area contributed by atoms with Crippen molar-refractivity contribution in [1.29, 1.82) is 0 Å². The first-order valence-electron chi connectivity index (χ1n) is 12.8. The first-order valence-corrected chi connectivity index (χ1v) is 14.7. The summed E-state index contributed by atoms with van der Waals surface area (Å²) < 4.78 is 26.4. The van der Waals surface area contributed by atoms with Crippen LogP contribution < -0.4 is 21.8 Å². The molecule has 0 radical (unpaired) electrons. The molecule has 8 heteroatoms. The van der Waals surface area contributed by atoms with Gasteiger partial charge in [0.1, 0.15) is 36.1 Å². The van der Waals surface area contributed by atoms with E-state index < -0.39 is 20.2 Å². The lowest BCUT2D eigenvalue weighted by molar-refractivity contribution is -0.190. The number of pyridine rings is 1. The van der Waals surface area contributed by atoms with Gasteiger partial charge in [-0.25, -0.2) is 4.98 Å². The Balaban J connectivity index is 1.51. The third-order valence-corrected chi connectivity index (χ3v) is 12.3. The van der Waals surface area contributed by atoms with Crippen LogP contribution in [0.5, 0.6) is 0 Å². The first-order chi connectivity index (χ1) is 17.5. The van der Waals surface area contributed by atoms with E-state index in [0.29, 0.717) is 18.2 Å². The van der Waals surface area contributed by atoms with E-state index in [-0.39, 0.29) is 23.4 Å². The predicted molar refractivity (Wildman–Crippen MR) is 148 cm³/mol. The Bertz CT molecular complexity index is 1190. The van der Waals surface area contributed by atoms with E-state index in [1.165, 1.54) is 10.4 Å². The maximum atomic E-state index is 7.17. The average Bonchev–Trinajstić information content (AvgIpc) is 3.33. The molecule has 37 heavy (non-hydrogen) atoms. The largest absolute Gasteiger partial charge is 0.405 e. The van der Waals surface area contributed by atoms with Gasteiger partial charge in [0.05, 0.1) is 6.61 Å². The van der Waals surface area contributed by atoms with E-state index in [9.17, 15) is 0 Å². The van der Waals surface area contributed by atoms with Gasteiger partial charge in [-0.15, -0.1) is 0 Å². The van der Waals surface area contributed by atoms with Crippen LogP contribution in [-0.2, 0) is 18.6 Å². The molecular formula is C29H37N3O4Si. The van der Waals surface area contributed by atoms with Crippen molar-refractivity contribution in [2.75, 3.05) is 18.1 Å². The van der Waals surface area contributed by atoms with Gasteiger partial charge >= 0.3 is 0 Å². The van der Waals surface area contributed by atoms with Crippen LogP contribution in [0.25, 0.3) is 0 Å². The quantitative estimate of drug-likeness (QED) is 0.478. The molecule has 1 aromatic heterocycles. The number of nitrogen functional groups attached to an aromatic ring is 2. The third kappa shape index (κ3) is 4.68. The fourth-order valence-electron chi connectivity index (χ4n) is 5.78. The van der Waals surface area contributed by atoms with Crippen molar-refractivity contribution in [3.05, 3.63) is 78.4 Å². The summed E-state index contributed by atoms with van der Waals surface area (Å²) in [6.07, 6.45) is -1.44. The summed E-state index contributed by atoms with van der Waals surface area (Å²) in [5.74, 6) is -0.0416. The summed E-state index contributed by atoms with van der Waals surface area (Å²) in [4.78, 5) is 4.25. The smallest absolute Gasteiger partial charge is 0.261 e. The molecule has 2 aliphatic heterocycles. The summed E-state index contributed by atoms with van der Waals surface area (Å²) in [5, 5.41) is 2.29. The van der Waals surface area contributed by atoms with Crippen LogP contribution in [0.1, 0.15) is 46.3 Å². The van der Waals surface area contributed by atoms with Crippen LogP contribution in [-0.4, -0.2) is 44.0 Å². The molecular weight excluding hydrogens is 482 g/mol. The van der Waals surface area contributed by atoms with Gasteiger partial charge in [0.25, 0.3) is 8.32 Å². The molecule has 0 bridgehead atoms. The van der Waals surface area contributed by atoms with Crippen molar-refractivity contribution in [3.63, 3.8) is 0 Å². The molecule has 0 aliphatic carbocycles. The average molecular weight is 520 g/mol. The maximum Gasteiger partial charge on any atom is 0.261 e. The van der Waals surface area contributed by atoms with Crippen molar-refractivity contribution < 1.29 is 18.6 Å². The van der Waals surface area contributed by atoms with E-state index in [0.717, 1.165) is 5.56 Å². The lowest BCUT2D eigenvalue weighted by Gasteiger charge is -2.43. The zero-order valence-corrected chi connectivity index (χ0v) is 23.2. The Hall–Kier alpha value is -2.75. The number of hydrogen-bond acceptors (Lipinski definition) is 7. The minimum Gasteiger partial charge on any atom is -0.405 e. The molecule has 3 heterocycles. The minimum absolute atomic E-state index is 0.148. The summed E-state index contributed by atoms with van der Waals surface area (Å²) in [5.41, 5.74) is 12.9. The van der Waals surface area contributed by atoms with Crippen molar-refractivity contribution in [2.24, 2.45) is 0 Å². The van der Waals surface area contributed by atoms with Gasteiger partial charge in [0.15, 0.2) is 5.79 Å². The van der Waals surface area contributed by atoms with E-state index in [4.69, 9.17) is 30.1 Å². The molecule has 196 valence electrons. The number of ether oxygens (including phenoxy) is 3. The van der Waals surface area contributed by atoms with Crippen LogP contribution in [0.15, 0.2) is 72.8 Å². The molecule has 0 unspecified atom stereocenters. The highest BCUT2D eigenvalue weighted by atomic mass is 28.4. The van der Waals surface area contributed by atoms with Crippen molar-refractivity contribution >= 4 is 30.3 Å². The second-order valence-corrected chi connectivity index (χ2v) is 15.7. The molecule has 2 aromatic carbocycles. The standard InChI is InChI=1S/C29H37N3O4Si/c1-28(2,3)37(19-12-8-6-9-13-19,20-14-10-7-11-15-20)33-18-22-25-26(36-29(4,5)35-25)24(34-22)21-16-17-23(30)32-27(21)31/h6-17,22,24-26H,18H2,1-5H3,(H4,30,31,32)/t22-,24+,25-,26+/m1/s1. The second-order valence-electron chi connectivity index (χ2n) is 11.3.